The maximum absolute atomic E-state index is 9.34. The third-order valence-electron chi connectivity index (χ3n) is 2.73. The van der Waals surface area contributed by atoms with E-state index in [1.165, 1.54) is 0 Å². The Balaban J connectivity index is 2.08. The predicted molar refractivity (Wildman–Crippen MR) is 69.1 cm³/mol. The van der Waals surface area contributed by atoms with Crippen molar-refractivity contribution in [3.63, 3.8) is 0 Å². The highest BCUT2D eigenvalue weighted by atomic mass is 16.5. The molecule has 3 N–H and O–H groups in total. The summed E-state index contributed by atoms with van der Waals surface area (Å²) in [6.07, 6.45) is 0.0738. The standard InChI is InChI=1S/C14H17NO2/c15-10-12(16)8-9-17-14-7-3-5-11-4-1-2-6-13(11)14/h1-7,12,16H,8-10,15H2. The fourth-order valence-electron chi connectivity index (χ4n) is 1.74. The molecule has 0 aromatic heterocycles. The number of aliphatic hydroxyl groups excluding tert-OH is 1. The minimum absolute atomic E-state index is 0.277. The summed E-state index contributed by atoms with van der Waals surface area (Å²) in [5.41, 5.74) is 5.34. The van der Waals surface area contributed by atoms with Crippen LogP contribution < -0.4 is 10.5 Å². The van der Waals surface area contributed by atoms with Crippen LogP contribution in [-0.2, 0) is 0 Å². The van der Waals surface area contributed by atoms with Gasteiger partial charge in [-0.15, -0.1) is 0 Å². The summed E-state index contributed by atoms with van der Waals surface area (Å²) in [6.45, 7) is 0.755. The molecule has 2 aromatic carbocycles. The number of hydrogen-bond acceptors (Lipinski definition) is 3. The van der Waals surface area contributed by atoms with Gasteiger partial charge in [-0.05, 0) is 11.5 Å². The molecule has 0 amide bonds. The molecule has 3 nitrogen and oxygen atoms in total. The molecule has 2 aromatic rings. The molecule has 0 saturated carbocycles. The Bertz CT molecular complexity index is 479. The lowest BCUT2D eigenvalue weighted by Crippen LogP contribution is -2.21. The van der Waals surface area contributed by atoms with Crippen LogP contribution in [0.5, 0.6) is 5.75 Å². The van der Waals surface area contributed by atoms with Gasteiger partial charge in [0, 0.05) is 18.4 Å². The maximum atomic E-state index is 9.34. The predicted octanol–water partition coefficient (Wildman–Crippen LogP) is 1.93. The summed E-state index contributed by atoms with van der Waals surface area (Å²) in [5, 5.41) is 11.6. The number of rotatable bonds is 5. The first-order chi connectivity index (χ1) is 8.31. The highest BCUT2D eigenvalue weighted by Crippen LogP contribution is 2.25. The van der Waals surface area contributed by atoms with E-state index in [-0.39, 0.29) is 6.54 Å². The van der Waals surface area contributed by atoms with Crippen molar-refractivity contribution >= 4 is 10.8 Å². The van der Waals surface area contributed by atoms with Crippen LogP contribution in [0.4, 0.5) is 0 Å². The zero-order chi connectivity index (χ0) is 12.1. The van der Waals surface area contributed by atoms with Crippen molar-refractivity contribution in [1.29, 1.82) is 0 Å². The molecule has 0 radical (unpaired) electrons. The van der Waals surface area contributed by atoms with Gasteiger partial charge in [0.05, 0.1) is 12.7 Å². The van der Waals surface area contributed by atoms with Crippen LogP contribution in [0.3, 0.4) is 0 Å². The molecular formula is C14H17NO2. The molecule has 0 saturated heterocycles. The van der Waals surface area contributed by atoms with Crippen molar-refractivity contribution < 1.29 is 9.84 Å². The summed E-state index contributed by atoms with van der Waals surface area (Å²) in [7, 11) is 0. The Kier molecular flexibility index (Phi) is 3.96. The summed E-state index contributed by atoms with van der Waals surface area (Å²) in [6, 6.07) is 14.0. The zero-order valence-electron chi connectivity index (χ0n) is 9.67. The van der Waals surface area contributed by atoms with E-state index in [9.17, 15) is 5.11 Å². The lowest BCUT2D eigenvalue weighted by atomic mass is 10.1. The van der Waals surface area contributed by atoms with Crippen molar-refractivity contribution in [2.24, 2.45) is 5.73 Å². The van der Waals surface area contributed by atoms with E-state index < -0.39 is 6.10 Å². The van der Waals surface area contributed by atoms with Gasteiger partial charge in [0.25, 0.3) is 0 Å². The van der Waals surface area contributed by atoms with Crippen LogP contribution in [0.15, 0.2) is 42.5 Å². The first-order valence-corrected chi connectivity index (χ1v) is 5.80. The average molecular weight is 231 g/mol. The van der Waals surface area contributed by atoms with Crippen LogP contribution in [-0.4, -0.2) is 24.4 Å². The molecule has 0 spiro atoms. The SMILES string of the molecule is NCC(O)CCOc1cccc2ccccc12. The van der Waals surface area contributed by atoms with Crippen LogP contribution in [0.25, 0.3) is 10.8 Å². The molecule has 0 aliphatic rings. The highest BCUT2D eigenvalue weighted by Gasteiger charge is 2.03. The monoisotopic (exact) mass is 231 g/mol. The molecule has 0 fully saturated rings. The number of fused-ring (bicyclic) bond motifs is 1. The number of nitrogens with two attached hydrogens (primary N) is 1. The Labute approximate surface area is 101 Å². The van der Waals surface area contributed by atoms with Crippen molar-refractivity contribution in [2.75, 3.05) is 13.2 Å². The number of hydrogen-bond donors (Lipinski definition) is 2. The van der Waals surface area contributed by atoms with E-state index in [2.05, 4.69) is 12.1 Å². The first-order valence-electron chi connectivity index (χ1n) is 5.80. The Morgan fingerprint density at radius 1 is 1.12 bits per heavy atom. The van der Waals surface area contributed by atoms with E-state index >= 15 is 0 Å². The minimum atomic E-state index is -0.482. The molecule has 0 heterocycles. The van der Waals surface area contributed by atoms with Gasteiger partial charge in [-0.25, -0.2) is 0 Å². The first kappa shape index (κ1) is 11.9. The minimum Gasteiger partial charge on any atom is -0.493 e. The van der Waals surface area contributed by atoms with Gasteiger partial charge in [0.15, 0.2) is 0 Å². The van der Waals surface area contributed by atoms with Gasteiger partial charge in [-0.3, -0.25) is 0 Å². The Morgan fingerprint density at radius 3 is 2.71 bits per heavy atom. The molecule has 17 heavy (non-hydrogen) atoms. The van der Waals surface area contributed by atoms with Crippen molar-refractivity contribution in [2.45, 2.75) is 12.5 Å². The zero-order valence-corrected chi connectivity index (χ0v) is 9.67. The van der Waals surface area contributed by atoms with Gasteiger partial charge in [-0.1, -0.05) is 36.4 Å². The van der Waals surface area contributed by atoms with E-state index in [1.54, 1.807) is 0 Å². The van der Waals surface area contributed by atoms with Crippen LogP contribution in [0.1, 0.15) is 6.42 Å². The Hall–Kier alpha value is -1.58. The molecule has 3 heteroatoms. The second-order valence-electron chi connectivity index (χ2n) is 4.00. The van der Waals surface area contributed by atoms with Gasteiger partial charge >= 0.3 is 0 Å². The number of aliphatic hydroxyl groups is 1. The third-order valence-corrected chi connectivity index (χ3v) is 2.73. The van der Waals surface area contributed by atoms with Crippen molar-refractivity contribution in [3.05, 3.63) is 42.5 Å². The van der Waals surface area contributed by atoms with Gasteiger partial charge in [-0.2, -0.15) is 0 Å². The van der Waals surface area contributed by atoms with Gasteiger partial charge in [0.1, 0.15) is 5.75 Å². The normalized spacial score (nSPS) is 12.6. The van der Waals surface area contributed by atoms with E-state index in [1.807, 2.05) is 30.3 Å². The summed E-state index contributed by atoms with van der Waals surface area (Å²) >= 11 is 0. The second kappa shape index (κ2) is 5.66. The number of benzene rings is 2. The fraction of sp³-hybridized carbons (Fsp3) is 0.286. The summed E-state index contributed by atoms with van der Waals surface area (Å²) < 4.78 is 5.68. The number of ether oxygens (including phenoxy) is 1. The van der Waals surface area contributed by atoms with Crippen LogP contribution in [0.2, 0.25) is 0 Å². The average Bonchev–Trinajstić information content (AvgIpc) is 2.39. The van der Waals surface area contributed by atoms with E-state index in [4.69, 9.17) is 10.5 Å². The molecule has 1 atom stereocenters. The van der Waals surface area contributed by atoms with Crippen LogP contribution in [0, 0.1) is 0 Å². The summed E-state index contributed by atoms with van der Waals surface area (Å²) in [4.78, 5) is 0. The van der Waals surface area contributed by atoms with Gasteiger partial charge in [0.2, 0.25) is 0 Å². The smallest absolute Gasteiger partial charge is 0.127 e. The summed E-state index contributed by atoms with van der Waals surface area (Å²) in [5.74, 6) is 0.854. The largest absolute Gasteiger partial charge is 0.493 e. The van der Waals surface area contributed by atoms with Crippen molar-refractivity contribution in [1.82, 2.24) is 0 Å². The van der Waals surface area contributed by atoms with Crippen molar-refractivity contribution in [3.8, 4) is 5.75 Å². The molecule has 0 aliphatic carbocycles. The highest BCUT2D eigenvalue weighted by molar-refractivity contribution is 5.88. The molecule has 90 valence electrons. The topological polar surface area (TPSA) is 55.5 Å². The molecule has 0 bridgehead atoms. The lowest BCUT2D eigenvalue weighted by Gasteiger charge is -2.11. The molecule has 2 rings (SSSR count). The fourth-order valence-corrected chi connectivity index (χ4v) is 1.74. The molecule has 0 aliphatic heterocycles. The van der Waals surface area contributed by atoms with E-state index in [0.29, 0.717) is 13.0 Å². The lowest BCUT2D eigenvalue weighted by molar-refractivity contribution is 0.146. The second-order valence-corrected chi connectivity index (χ2v) is 4.00. The molecule has 1 unspecified atom stereocenters. The van der Waals surface area contributed by atoms with Gasteiger partial charge < -0.3 is 15.6 Å². The quantitative estimate of drug-likeness (QED) is 0.826. The molecular weight excluding hydrogens is 214 g/mol. The van der Waals surface area contributed by atoms with Crippen LogP contribution >= 0.6 is 0 Å². The maximum Gasteiger partial charge on any atom is 0.127 e. The van der Waals surface area contributed by atoms with E-state index in [0.717, 1.165) is 16.5 Å². The third kappa shape index (κ3) is 2.96. The Morgan fingerprint density at radius 2 is 1.88 bits per heavy atom.